The summed E-state index contributed by atoms with van der Waals surface area (Å²) < 4.78 is 13.0. The van der Waals surface area contributed by atoms with Crippen molar-refractivity contribution < 1.29 is 58.7 Å². The van der Waals surface area contributed by atoms with E-state index in [4.69, 9.17) is 9.47 Å². The predicted octanol–water partition coefficient (Wildman–Crippen LogP) is -0.859. The molecule has 0 radical (unpaired) electrons. The van der Waals surface area contributed by atoms with Gasteiger partial charge in [-0.2, -0.15) is 0 Å². The SMILES string of the molecule is O=C(CCC(=O)NCC(=O)NCC(=O)NC1CCC2(O)[C@H]3Cc4ccc(O)c5c4C2(CCN3CC2CC2)C1O5)NCC(=O)NCC(=O)NC1CCC2(O)[C@@H]3Cc4ccc(O)c5c4C2(CCN3CC2CC2)C1O5. The maximum Gasteiger partial charge on any atom is 0.239 e. The van der Waals surface area contributed by atoms with Crippen molar-refractivity contribution in [2.45, 2.75) is 148 Å². The number of hydrogen-bond acceptors (Lipinski definition) is 14. The zero-order chi connectivity index (χ0) is 49.9. The number of aromatic hydroxyl groups is 2. The molecule has 2 aromatic rings. The average Bonchev–Trinajstić information content (AvgIpc) is 4.29. The molecule has 10 aliphatic rings. The van der Waals surface area contributed by atoms with Gasteiger partial charge in [0.15, 0.2) is 23.0 Å². The minimum absolute atomic E-state index is 0.00986. The number of hydrogen-bond donors (Lipinski definition) is 10. The number of aliphatic hydroxyl groups is 2. The molecule has 4 heterocycles. The number of amides is 6. The molecular weight excluding hydrogens is 929 g/mol. The van der Waals surface area contributed by atoms with Crippen LogP contribution in [0.25, 0.3) is 0 Å². The Bertz CT molecular complexity index is 2450. The summed E-state index contributed by atoms with van der Waals surface area (Å²) in [5, 5.41) is 63.1. The van der Waals surface area contributed by atoms with E-state index < -0.39 is 94.9 Å². The third-order valence-electron chi connectivity index (χ3n) is 18.6. The van der Waals surface area contributed by atoms with Crippen LogP contribution in [0.15, 0.2) is 24.3 Å². The number of benzene rings is 2. The maximum atomic E-state index is 13.3. The second kappa shape index (κ2) is 17.5. The van der Waals surface area contributed by atoms with Gasteiger partial charge < -0.3 is 61.8 Å². The van der Waals surface area contributed by atoms with Gasteiger partial charge in [-0.25, -0.2) is 0 Å². The maximum absolute atomic E-state index is 13.3. The largest absolute Gasteiger partial charge is 0.504 e. The first-order chi connectivity index (χ1) is 34.6. The van der Waals surface area contributed by atoms with Crippen LogP contribution < -0.4 is 41.4 Å². The number of rotatable bonds is 17. The number of carbonyl (C=O) groups excluding carboxylic acids is 6. The van der Waals surface area contributed by atoms with Gasteiger partial charge >= 0.3 is 0 Å². The van der Waals surface area contributed by atoms with Gasteiger partial charge in [0, 0.05) is 49.1 Å². The molecule has 4 aliphatic heterocycles. The van der Waals surface area contributed by atoms with Crippen LogP contribution in [0, 0.1) is 11.8 Å². The fourth-order valence-corrected chi connectivity index (χ4v) is 15.0. The highest BCUT2D eigenvalue weighted by Gasteiger charge is 2.75. The van der Waals surface area contributed by atoms with Crippen LogP contribution in [0.3, 0.4) is 0 Å². The molecule has 12 rings (SSSR count). The van der Waals surface area contributed by atoms with E-state index in [2.05, 4.69) is 41.7 Å². The van der Waals surface area contributed by atoms with Crippen LogP contribution in [-0.4, -0.2) is 166 Å². The minimum atomic E-state index is -1.10. The van der Waals surface area contributed by atoms with E-state index in [1.165, 1.54) is 25.7 Å². The van der Waals surface area contributed by atoms with E-state index >= 15 is 0 Å². The van der Waals surface area contributed by atoms with Crippen LogP contribution in [0.5, 0.6) is 23.0 Å². The number of piperidine rings is 2. The Morgan fingerprint density at radius 1 is 0.528 bits per heavy atom. The van der Waals surface area contributed by atoms with E-state index in [9.17, 15) is 49.2 Å². The van der Waals surface area contributed by atoms with Crippen molar-refractivity contribution in [3.8, 4) is 23.0 Å². The number of nitrogens with zero attached hydrogens (tertiary/aromatic N) is 2. The molecule has 20 nitrogen and oxygen atoms in total. The average molecular weight is 995 g/mol. The molecule has 6 aliphatic carbocycles. The van der Waals surface area contributed by atoms with Gasteiger partial charge in [-0.1, -0.05) is 12.1 Å². The van der Waals surface area contributed by atoms with Crippen LogP contribution in [0.4, 0.5) is 0 Å². The normalized spacial score (nSPS) is 34.0. The van der Waals surface area contributed by atoms with Crippen molar-refractivity contribution >= 4 is 35.4 Å². The zero-order valence-corrected chi connectivity index (χ0v) is 40.4. The monoisotopic (exact) mass is 994 g/mol. The first-order valence-electron chi connectivity index (χ1n) is 26.2. The molecule has 0 aromatic heterocycles. The molecule has 20 heteroatoms. The molecule has 10 atom stereocenters. The lowest BCUT2D eigenvalue weighted by Crippen LogP contribution is -2.78. The van der Waals surface area contributed by atoms with Crippen LogP contribution in [0.2, 0.25) is 0 Å². The molecule has 72 heavy (non-hydrogen) atoms. The molecule has 386 valence electrons. The van der Waals surface area contributed by atoms with Crippen molar-refractivity contribution in [3.05, 3.63) is 46.5 Å². The Kier molecular flexibility index (Phi) is 11.5. The molecule has 10 N–H and O–H groups in total. The fraction of sp³-hybridized carbons (Fsp3) is 0.654. The first kappa shape index (κ1) is 47.3. The molecular formula is C52H66N8O12. The lowest BCUT2D eigenvalue weighted by molar-refractivity contribution is -0.192. The zero-order valence-electron chi connectivity index (χ0n) is 40.4. The number of phenolic OH excluding ortho intramolecular Hbond substituents is 2. The summed E-state index contributed by atoms with van der Waals surface area (Å²) in [6.45, 7) is 1.84. The van der Waals surface area contributed by atoms with Crippen molar-refractivity contribution in [2.24, 2.45) is 11.8 Å². The summed E-state index contributed by atoms with van der Waals surface area (Å²) in [5.74, 6) is -1.28. The lowest BCUT2D eigenvalue weighted by atomic mass is 9.48. The minimum Gasteiger partial charge on any atom is -0.504 e. The standard InChI is InChI=1S/C52H66N8O12/c61-33-7-5-29-19-35-51(69)13-11-31(47-49(51,43(29)45(33)71-47)15-17-59(35)25-27-1-2-27)57-41(67)23-55-39(65)21-53-37(63)9-10-38(64)54-22-40(66)56-24-42(68)58-32-12-14-52(70)36-20-30-6-8-34(62)46-44(30)50(52,48(32)72-46)16-18-60(36)26-28-3-4-28/h5-8,27-28,31-32,35-36,47-48,61-62,69-70H,1-4,9-26H2,(H,53,63)(H,54,64)(H,55,65)(H,56,66)(H,57,67)(H,58,68)/t31?,32?,35-,36+,47?,48?,49?,50?,51?,52?. The van der Waals surface area contributed by atoms with E-state index in [1.54, 1.807) is 12.1 Å². The van der Waals surface area contributed by atoms with Crippen molar-refractivity contribution in [2.75, 3.05) is 52.4 Å². The first-order valence-corrected chi connectivity index (χ1v) is 26.2. The topological polar surface area (TPSA) is 280 Å². The Balaban J connectivity index is 0.563. The smallest absolute Gasteiger partial charge is 0.239 e. The highest BCUT2D eigenvalue weighted by molar-refractivity contribution is 5.91. The number of nitrogens with one attached hydrogen (secondary N) is 6. The van der Waals surface area contributed by atoms with Gasteiger partial charge in [-0.3, -0.25) is 38.6 Å². The summed E-state index contributed by atoms with van der Waals surface area (Å²) in [6, 6.07) is 5.97. The van der Waals surface area contributed by atoms with Gasteiger partial charge in [0.2, 0.25) is 35.4 Å². The second-order valence-electron chi connectivity index (χ2n) is 22.6. The Hall–Kier alpha value is -5.70. The van der Waals surface area contributed by atoms with Gasteiger partial charge in [0.05, 0.1) is 60.3 Å². The fourth-order valence-electron chi connectivity index (χ4n) is 15.0. The molecule has 4 saturated carbocycles. The van der Waals surface area contributed by atoms with Gasteiger partial charge in [0.1, 0.15) is 12.2 Å². The highest BCUT2D eigenvalue weighted by atomic mass is 16.5. The van der Waals surface area contributed by atoms with Crippen LogP contribution >= 0.6 is 0 Å². The van der Waals surface area contributed by atoms with Crippen molar-refractivity contribution in [1.29, 1.82) is 0 Å². The molecule has 2 saturated heterocycles. The number of ether oxygens (including phenoxy) is 2. The van der Waals surface area contributed by atoms with E-state index in [1.807, 2.05) is 12.1 Å². The van der Waals surface area contributed by atoms with Gasteiger partial charge in [0.25, 0.3) is 0 Å². The van der Waals surface area contributed by atoms with Gasteiger partial charge in [-0.15, -0.1) is 0 Å². The second-order valence-corrected chi connectivity index (χ2v) is 22.6. The highest BCUT2D eigenvalue weighted by Crippen LogP contribution is 2.67. The molecule has 6 amide bonds. The Morgan fingerprint density at radius 2 is 0.917 bits per heavy atom. The third kappa shape index (κ3) is 7.50. The third-order valence-corrected chi connectivity index (χ3v) is 18.6. The van der Waals surface area contributed by atoms with Crippen molar-refractivity contribution in [1.82, 2.24) is 41.7 Å². The van der Waals surface area contributed by atoms with Crippen LogP contribution in [0.1, 0.15) is 99.3 Å². The number of likely N-dealkylation sites (tertiary alicyclic amines) is 2. The van der Waals surface area contributed by atoms with E-state index in [-0.39, 0.29) is 49.5 Å². The van der Waals surface area contributed by atoms with E-state index in [0.717, 1.165) is 48.4 Å². The lowest BCUT2D eigenvalue weighted by Gasteiger charge is -2.64. The molecule has 8 unspecified atom stereocenters. The number of phenols is 2. The van der Waals surface area contributed by atoms with E-state index in [0.29, 0.717) is 74.7 Å². The Morgan fingerprint density at radius 3 is 1.32 bits per heavy atom. The summed E-state index contributed by atoms with van der Waals surface area (Å²) in [6.07, 6.45) is 7.40. The number of carbonyl (C=O) groups is 6. The Labute approximate surface area is 416 Å². The van der Waals surface area contributed by atoms with Crippen molar-refractivity contribution in [3.63, 3.8) is 0 Å². The molecule has 6 fully saturated rings. The molecule has 2 spiro atoms. The summed E-state index contributed by atoms with van der Waals surface area (Å²) in [5.41, 5.74) is 0.0185. The molecule has 2 aromatic carbocycles. The predicted molar refractivity (Wildman–Crippen MR) is 255 cm³/mol. The summed E-state index contributed by atoms with van der Waals surface area (Å²) >= 11 is 0. The quantitative estimate of drug-likeness (QED) is 0.0925. The summed E-state index contributed by atoms with van der Waals surface area (Å²) in [7, 11) is 0. The summed E-state index contributed by atoms with van der Waals surface area (Å²) in [4.78, 5) is 81.9. The van der Waals surface area contributed by atoms with Gasteiger partial charge in [-0.05, 0) is 125 Å². The molecule has 4 bridgehead atoms. The van der Waals surface area contributed by atoms with Crippen LogP contribution in [-0.2, 0) is 52.4 Å².